The van der Waals surface area contributed by atoms with Crippen molar-refractivity contribution < 1.29 is 14.3 Å². The van der Waals surface area contributed by atoms with Gasteiger partial charge in [-0.15, -0.1) is 11.3 Å². The molecule has 6 heteroatoms. The number of carbonyl (C=O) groups excluding carboxylic acids is 1. The number of hydrogen-bond acceptors (Lipinski definition) is 4. The first-order valence-electron chi connectivity index (χ1n) is 8.98. The van der Waals surface area contributed by atoms with E-state index in [0.717, 1.165) is 23.0 Å². The Kier molecular flexibility index (Phi) is 6.24. The summed E-state index contributed by atoms with van der Waals surface area (Å²) in [7, 11) is 0. The average molecular weight is 438 g/mol. The smallest absolute Gasteiger partial charge is 0.227 e. The van der Waals surface area contributed by atoms with Gasteiger partial charge in [0.05, 0.1) is 25.7 Å². The lowest BCUT2D eigenvalue weighted by Gasteiger charge is -2.34. The number of halogens is 1. The second kappa shape index (κ2) is 8.44. The number of rotatable bonds is 6. The van der Waals surface area contributed by atoms with Crippen LogP contribution in [0.1, 0.15) is 42.8 Å². The van der Waals surface area contributed by atoms with Gasteiger partial charge in [0.15, 0.2) is 11.5 Å². The van der Waals surface area contributed by atoms with Crippen LogP contribution < -0.4 is 9.47 Å². The number of fused-ring (bicyclic) bond motifs is 1. The summed E-state index contributed by atoms with van der Waals surface area (Å²) < 4.78 is 12.2. The Hall–Kier alpha value is -1.53. The lowest BCUT2D eigenvalue weighted by molar-refractivity contribution is -0.133. The highest BCUT2D eigenvalue weighted by Crippen LogP contribution is 2.36. The van der Waals surface area contributed by atoms with Crippen LogP contribution in [0, 0.1) is 0 Å². The molecule has 1 amide bonds. The molecule has 1 aromatic heterocycles. The zero-order valence-corrected chi connectivity index (χ0v) is 17.8. The monoisotopic (exact) mass is 437 g/mol. The molecule has 3 rings (SSSR count). The van der Waals surface area contributed by atoms with Crippen molar-refractivity contribution in [3.8, 4) is 11.5 Å². The largest absolute Gasteiger partial charge is 0.490 e. The standard InChI is InChI=1S/C20H24BrNO3S/c1-4-24-17-10-14(16(21)12-18(17)25-5-2)11-20(23)22-8-6-19-15(13(22)3)7-9-26-19/h7,9-10,12-13H,4-6,8,11H2,1-3H3. The fourth-order valence-corrected chi connectivity index (χ4v) is 4.79. The van der Waals surface area contributed by atoms with E-state index in [2.05, 4.69) is 34.3 Å². The fourth-order valence-electron chi connectivity index (χ4n) is 3.36. The molecule has 1 aliphatic rings. The van der Waals surface area contributed by atoms with Gasteiger partial charge in [-0.25, -0.2) is 0 Å². The molecule has 1 atom stereocenters. The molecular formula is C20H24BrNO3S. The van der Waals surface area contributed by atoms with Crippen LogP contribution in [-0.4, -0.2) is 30.6 Å². The molecule has 1 aliphatic heterocycles. The van der Waals surface area contributed by atoms with E-state index in [9.17, 15) is 4.79 Å². The molecule has 140 valence electrons. The minimum Gasteiger partial charge on any atom is -0.490 e. The molecule has 0 saturated carbocycles. The van der Waals surface area contributed by atoms with Gasteiger partial charge in [0.2, 0.25) is 5.91 Å². The Morgan fingerprint density at radius 1 is 1.27 bits per heavy atom. The highest BCUT2D eigenvalue weighted by molar-refractivity contribution is 9.10. The number of benzene rings is 1. The van der Waals surface area contributed by atoms with Crippen molar-refractivity contribution in [1.29, 1.82) is 0 Å². The van der Waals surface area contributed by atoms with Crippen LogP contribution in [0.2, 0.25) is 0 Å². The molecule has 2 aromatic rings. The van der Waals surface area contributed by atoms with E-state index in [4.69, 9.17) is 9.47 Å². The van der Waals surface area contributed by atoms with E-state index in [0.29, 0.717) is 31.1 Å². The number of amides is 1. The highest BCUT2D eigenvalue weighted by Gasteiger charge is 2.28. The normalized spacial score (nSPS) is 16.3. The summed E-state index contributed by atoms with van der Waals surface area (Å²) in [6.07, 6.45) is 1.29. The van der Waals surface area contributed by atoms with Crippen LogP contribution in [0.4, 0.5) is 0 Å². The van der Waals surface area contributed by atoms with E-state index in [1.165, 1.54) is 10.4 Å². The van der Waals surface area contributed by atoms with Gasteiger partial charge in [-0.2, -0.15) is 0 Å². The van der Waals surface area contributed by atoms with Crippen LogP contribution in [0.25, 0.3) is 0 Å². The average Bonchev–Trinajstić information content (AvgIpc) is 3.09. The quantitative estimate of drug-likeness (QED) is 0.638. The number of nitrogens with zero attached hydrogens (tertiary/aromatic N) is 1. The predicted molar refractivity (Wildman–Crippen MR) is 108 cm³/mol. The summed E-state index contributed by atoms with van der Waals surface area (Å²) in [4.78, 5) is 16.4. The van der Waals surface area contributed by atoms with Crippen molar-refractivity contribution in [3.63, 3.8) is 0 Å². The van der Waals surface area contributed by atoms with Gasteiger partial charge in [-0.1, -0.05) is 15.9 Å². The first kappa shape index (κ1) is 19.2. The van der Waals surface area contributed by atoms with E-state index < -0.39 is 0 Å². The Balaban J connectivity index is 1.80. The second-order valence-electron chi connectivity index (χ2n) is 6.25. The molecule has 0 spiro atoms. The minimum atomic E-state index is 0.130. The maximum atomic E-state index is 13.0. The third-order valence-electron chi connectivity index (χ3n) is 4.65. The third-order valence-corrected chi connectivity index (χ3v) is 6.39. The van der Waals surface area contributed by atoms with Gasteiger partial charge in [0.25, 0.3) is 0 Å². The molecule has 0 fully saturated rings. The molecule has 1 aromatic carbocycles. The molecule has 0 saturated heterocycles. The van der Waals surface area contributed by atoms with Crippen molar-refractivity contribution in [2.24, 2.45) is 0 Å². The summed E-state index contributed by atoms with van der Waals surface area (Å²) in [5.41, 5.74) is 2.21. The molecule has 0 N–H and O–H groups in total. The van der Waals surface area contributed by atoms with E-state index in [-0.39, 0.29) is 11.9 Å². The van der Waals surface area contributed by atoms with Crippen LogP contribution in [-0.2, 0) is 17.6 Å². The maximum Gasteiger partial charge on any atom is 0.227 e. The van der Waals surface area contributed by atoms with Crippen molar-refractivity contribution in [1.82, 2.24) is 4.90 Å². The Labute approximate surface area is 167 Å². The molecular weight excluding hydrogens is 414 g/mol. The van der Waals surface area contributed by atoms with Gasteiger partial charge in [-0.05, 0) is 61.9 Å². The van der Waals surface area contributed by atoms with Crippen LogP contribution in [0.5, 0.6) is 11.5 Å². The first-order chi connectivity index (χ1) is 12.5. The van der Waals surface area contributed by atoms with Crippen molar-refractivity contribution in [2.75, 3.05) is 19.8 Å². The van der Waals surface area contributed by atoms with Gasteiger partial charge in [-0.3, -0.25) is 4.79 Å². The molecule has 1 unspecified atom stereocenters. The van der Waals surface area contributed by atoms with E-state index in [1.54, 1.807) is 11.3 Å². The van der Waals surface area contributed by atoms with Crippen LogP contribution >= 0.6 is 27.3 Å². The number of carbonyl (C=O) groups is 1. The molecule has 2 heterocycles. The summed E-state index contributed by atoms with van der Waals surface area (Å²) in [6.45, 7) is 7.90. The van der Waals surface area contributed by atoms with E-state index >= 15 is 0 Å². The first-order valence-corrected chi connectivity index (χ1v) is 10.7. The van der Waals surface area contributed by atoms with Gasteiger partial charge in [0, 0.05) is 15.9 Å². The fraction of sp³-hybridized carbons (Fsp3) is 0.450. The Morgan fingerprint density at radius 2 is 1.96 bits per heavy atom. The Bertz CT molecular complexity index is 789. The topological polar surface area (TPSA) is 38.8 Å². The van der Waals surface area contributed by atoms with Crippen LogP contribution in [0.3, 0.4) is 0 Å². The lowest BCUT2D eigenvalue weighted by Crippen LogP contribution is -2.39. The summed E-state index contributed by atoms with van der Waals surface area (Å²) in [5.74, 6) is 1.53. The summed E-state index contributed by atoms with van der Waals surface area (Å²) in [5, 5.41) is 2.12. The summed E-state index contributed by atoms with van der Waals surface area (Å²) >= 11 is 5.37. The molecule has 0 radical (unpaired) electrons. The van der Waals surface area contributed by atoms with Crippen molar-refractivity contribution in [3.05, 3.63) is 44.1 Å². The van der Waals surface area contributed by atoms with Crippen LogP contribution in [0.15, 0.2) is 28.1 Å². The summed E-state index contributed by atoms with van der Waals surface area (Å²) in [6, 6.07) is 6.09. The zero-order valence-electron chi connectivity index (χ0n) is 15.4. The Morgan fingerprint density at radius 3 is 2.65 bits per heavy atom. The third kappa shape index (κ3) is 3.91. The highest BCUT2D eigenvalue weighted by atomic mass is 79.9. The van der Waals surface area contributed by atoms with Gasteiger partial charge >= 0.3 is 0 Å². The van der Waals surface area contributed by atoms with E-state index in [1.807, 2.05) is 30.9 Å². The minimum absolute atomic E-state index is 0.130. The molecule has 4 nitrogen and oxygen atoms in total. The number of ether oxygens (including phenoxy) is 2. The van der Waals surface area contributed by atoms with Gasteiger partial charge < -0.3 is 14.4 Å². The lowest BCUT2D eigenvalue weighted by atomic mass is 10.0. The zero-order chi connectivity index (χ0) is 18.7. The van der Waals surface area contributed by atoms with Crippen molar-refractivity contribution in [2.45, 2.75) is 39.7 Å². The second-order valence-corrected chi connectivity index (χ2v) is 8.10. The van der Waals surface area contributed by atoms with Crippen molar-refractivity contribution >= 4 is 33.2 Å². The SMILES string of the molecule is CCOc1cc(Br)c(CC(=O)N2CCc3sccc3C2C)cc1OCC. The predicted octanol–water partition coefficient (Wildman–Crippen LogP) is 5.00. The number of thiophene rings is 1. The molecule has 26 heavy (non-hydrogen) atoms. The maximum absolute atomic E-state index is 13.0. The van der Waals surface area contributed by atoms with Gasteiger partial charge in [0.1, 0.15) is 0 Å². The number of hydrogen-bond donors (Lipinski definition) is 0. The molecule has 0 aliphatic carbocycles. The molecule has 0 bridgehead atoms.